The summed E-state index contributed by atoms with van der Waals surface area (Å²) in [4.78, 5) is 20.8. The third-order valence-corrected chi connectivity index (χ3v) is 2.47. The molecule has 6 heteroatoms. The number of carbonyl (C=O) groups is 1. The molecule has 2 N–H and O–H groups in total. The quantitative estimate of drug-likeness (QED) is 0.608. The van der Waals surface area contributed by atoms with E-state index in [9.17, 15) is 20.0 Å². The van der Waals surface area contributed by atoms with Crippen LogP contribution in [-0.2, 0) is 11.2 Å². The summed E-state index contributed by atoms with van der Waals surface area (Å²) in [5, 5.41) is 28.9. The predicted octanol–water partition coefficient (Wildman–Crippen LogP) is 1.28. The molecular formula is C11H13NO5. The van der Waals surface area contributed by atoms with Gasteiger partial charge < -0.3 is 10.2 Å². The van der Waals surface area contributed by atoms with Gasteiger partial charge in [0.25, 0.3) is 5.69 Å². The van der Waals surface area contributed by atoms with Crippen LogP contribution in [0.5, 0.6) is 0 Å². The van der Waals surface area contributed by atoms with Crippen molar-refractivity contribution >= 4 is 11.7 Å². The van der Waals surface area contributed by atoms with Crippen LogP contribution in [0.25, 0.3) is 0 Å². The van der Waals surface area contributed by atoms with E-state index in [1.54, 1.807) is 6.92 Å². The van der Waals surface area contributed by atoms with E-state index in [1.807, 2.05) is 0 Å². The molecule has 0 fully saturated rings. The predicted molar refractivity (Wildman–Crippen MR) is 59.8 cm³/mol. The summed E-state index contributed by atoms with van der Waals surface area (Å²) >= 11 is 0. The second-order valence-electron chi connectivity index (χ2n) is 4.13. The van der Waals surface area contributed by atoms with Gasteiger partial charge in [-0.2, -0.15) is 0 Å². The van der Waals surface area contributed by atoms with Gasteiger partial charge in [0, 0.05) is 18.1 Å². The Hall–Kier alpha value is -1.95. The van der Waals surface area contributed by atoms with Crippen LogP contribution in [0.3, 0.4) is 0 Å². The minimum atomic E-state index is -1.87. The van der Waals surface area contributed by atoms with Crippen molar-refractivity contribution in [1.29, 1.82) is 0 Å². The lowest BCUT2D eigenvalue weighted by Crippen LogP contribution is -2.37. The SMILES string of the molecule is Cc1cc(CC(C)(O)C(=O)O)ccc1[N+](=O)[O-]. The molecule has 1 atom stereocenters. The summed E-state index contributed by atoms with van der Waals surface area (Å²) in [6, 6.07) is 4.26. The van der Waals surface area contributed by atoms with Crippen molar-refractivity contribution in [3.63, 3.8) is 0 Å². The highest BCUT2D eigenvalue weighted by atomic mass is 16.6. The van der Waals surface area contributed by atoms with Crippen molar-refractivity contribution in [3.8, 4) is 0 Å². The number of hydrogen-bond acceptors (Lipinski definition) is 4. The van der Waals surface area contributed by atoms with Crippen molar-refractivity contribution in [2.24, 2.45) is 0 Å². The molecular weight excluding hydrogens is 226 g/mol. The number of nitrogens with zero attached hydrogens (tertiary/aromatic N) is 1. The summed E-state index contributed by atoms with van der Waals surface area (Å²) in [5.74, 6) is -1.33. The van der Waals surface area contributed by atoms with Gasteiger partial charge in [-0.3, -0.25) is 10.1 Å². The van der Waals surface area contributed by atoms with Gasteiger partial charge in [0.15, 0.2) is 5.60 Å². The molecule has 0 aliphatic heterocycles. The Morgan fingerprint density at radius 3 is 2.53 bits per heavy atom. The Morgan fingerprint density at radius 2 is 2.12 bits per heavy atom. The largest absolute Gasteiger partial charge is 0.479 e. The molecule has 1 rings (SSSR count). The fraction of sp³-hybridized carbons (Fsp3) is 0.364. The highest BCUT2D eigenvalue weighted by Gasteiger charge is 2.30. The number of carboxylic acid groups (broad SMARTS) is 1. The van der Waals surface area contributed by atoms with Crippen LogP contribution in [0.2, 0.25) is 0 Å². The molecule has 92 valence electrons. The number of rotatable bonds is 4. The standard InChI is InChI=1S/C11H13NO5/c1-7-5-8(3-4-9(7)12(16)17)6-11(2,15)10(13)14/h3-5,15H,6H2,1-2H3,(H,13,14). The van der Waals surface area contributed by atoms with Gasteiger partial charge >= 0.3 is 5.97 Å². The molecule has 0 aromatic heterocycles. The van der Waals surface area contributed by atoms with Gasteiger partial charge in [-0.05, 0) is 25.5 Å². The van der Waals surface area contributed by atoms with Crippen molar-refractivity contribution in [2.45, 2.75) is 25.9 Å². The van der Waals surface area contributed by atoms with Gasteiger partial charge in [0.05, 0.1) is 4.92 Å². The molecule has 0 aliphatic carbocycles. The van der Waals surface area contributed by atoms with Crippen molar-refractivity contribution in [2.75, 3.05) is 0 Å². The zero-order valence-electron chi connectivity index (χ0n) is 9.51. The van der Waals surface area contributed by atoms with Crippen LogP contribution >= 0.6 is 0 Å². The third kappa shape index (κ3) is 3.01. The Morgan fingerprint density at radius 1 is 1.53 bits per heavy atom. The van der Waals surface area contributed by atoms with E-state index in [1.165, 1.54) is 25.1 Å². The van der Waals surface area contributed by atoms with Gasteiger partial charge in [-0.25, -0.2) is 4.79 Å². The summed E-state index contributed by atoms with van der Waals surface area (Å²) in [6.45, 7) is 2.75. The molecule has 0 spiro atoms. The van der Waals surface area contributed by atoms with Crippen molar-refractivity contribution < 1.29 is 19.9 Å². The number of benzene rings is 1. The van der Waals surface area contributed by atoms with Crippen LogP contribution in [0.1, 0.15) is 18.1 Å². The van der Waals surface area contributed by atoms with E-state index in [0.717, 1.165) is 0 Å². The Labute approximate surface area is 97.7 Å². The normalized spacial score (nSPS) is 14.1. The Kier molecular flexibility index (Phi) is 3.47. The number of nitro groups is 1. The lowest BCUT2D eigenvalue weighted by Gasteiger charge is -2.17. The Bertz CT molecular complexity index is 467. The average molecular weight is 239 g/mol. The summed E-state index contributed by atoms with van der Waals surface area (Å²) in [7, 11) is 0. The highest BCUT2D eigenvalue weighted by Crippen LogP contribution is 2.21. The van der Waals surface area contributed by atoms with Gasteiger partial charge in [0.1, 0.15) is 0 Å². The average Bonchev–Trinajstić information content (AvgIpc) is 2.15. The monoisotopic (exact) mass is 239 g/mol. The maximum Gasteiger partial charge on any atom is 0.335 e. The summed E-state index contributed by atoms with van der Waals surface area (Å²) in [5.41, 5.74) is -0.916. The molecule has 0 saturated heterocycles. The van der Waals surface area contributed by atoms with Crippen molar-refractivity contribution in [1.82, 2.24) is 0 Å². The fourth-order valence-corrected chi connectivity index (χ4v) is 1.51. The molecule has 0 bridgehead atoms. The number of aliphatic hydroxyl groups is 1. The number of aryl methyl sites for hydroxylation is 1. The van der Waals surface area contributed by atoms with Gasteiger partial charge in [-0.15, -0.1) is 0 Å². The molecule has 0 saturated carbocycles. The molecule has 1 aromatic carbocycles. The Balaban J connectivity index is 2.99. The highest BCUT2D eigenvalue weighted by molar-refractivity contribution is 5.77. The van der Waals surface area contributed by atoms with E-state index in [-0.39, 0.29) is 12.1 Å². The number of hydrogen-bond donors (Lipinski definition) is 2. The number of nitro benzene ring substituents is 1. The van der Waals surface area contributed by atoms with E-state index in [2.05, 4.69) is 0 Å². The van der Waals surface area contributed by atoms with Gasteiger partial charge in [0.2, 0.25) is 0 Å². The molecule has 17 heavy (non-hydrogen) atoms. The lowest BCUT2D eigenvalue weighted by atomic mass is 9.95. The fourth-order valence-electron chi connectivity index (χ4n) is 1.51. The first-order valence-electron chi connectivity index (χ1n) is 4.94. The summed E-state index contributed by atoms with van der Waals surface area (Å²) in [6.07, 6.45) is -0.0961. The minimum Gasteiger partial charge on any atom is -0.479 e. The van der Waals surface area contributed by atoms with E-state index in [4.69, 9.17) is 5.11 Å². The van der Waals surface area contributed by atoms with E-state index in [0.29, 0.717) is 11.1 Å². The van der Waals surface area contributed by atoms with Crippen LogP contribution in [0, 0.1) is 17.0 Å². The lowest BCUT2D eigenvalue weighted by molar-refractivity contribution is -0.385. The molecule has 1 aromatic rings. The number of aliphatic carboxylic acids is 1. The molecule has 0 aliphatic rings. The molecule has 0 amide bonds. The third-order valence-electron chi connectivity index (χ3n) is 2.47. The summed E-state index contributed by atoms with van der Waals surface area (Å²) < 4.78 is 0. The van der Waals surface area contributed by atoms with Gasteiger partial charge in [-0.1, -0.05) is 6.07 Å². The molecule has 6 nitrogen and oxygen atoms in total. The molecule has 0 radical (unpaired) electrons. The zero-order valence-corrected chi connectivity index (χ0v) is 9.51. The van der Waals surface area contributed by atoms with Crippen LogP contribution in [0.15, 0.2) is 18.2 Å². The number of carboxylic acids is 1. The smallest absolute Gasteiger partial charge is 0.335 e. The minimum absolute atomic E-state index is 0.0243. The maximum absolute atomic E-state index is 10.7. The van der Waals surface area contributed by atoms with E-state index >= 15 is 0 Å². The van der Waals surface area contributed by atoms with E-state index < -0.39 is 16.5 Å². The van der Waals surface area contributed by atoms with Crippen molar-refractivity contribution in [3.05, 3.63) is 39.4 Å². The van der Waals surface area contributed by atoms with Crippen LogP contribution < -0.4 is 0 Å². The van der Waals surface area contributed by atoms with Crippen LogP contribution in [-0.4, -0.2) is 26.7 Å². The first kappa shape index (κ1) is 13.1. The first-order valence-corrected chi connectivity index (χ1v) is 4.94. The topological polar surface area (TPSA) is 101 Å². The second-order valence-corrected chi connectivity index (χ2v) is 4.13. The zero-order chi connectivity index (χ0) is 13.2. The molecule has 0 heterocycles. The second kappa shape index (κ2) is 4.50. The molecule has 1 unspecified atom stereocenters. The first-order chi connectivity index (χ1) is 7.74. The van der Waals surface area contributed by atoms with Crippen LogP contribution in [0.4, 0.5) is 5.69 Å². The maximum atomic E-state index is 10.7.